The number of fused-ring (bicyclic) bond motifs is 1. The first-order valence-corrected chi connectivity index (χ1v) is 11.7. The molecular formula is C25H21N3OS2. The zero-order valence-corrected chi connectivity index (χ0v) is 18.7. The minimum atomic E-state index is -0.0204. The van der Waals surface area contributed by atoms with E-state index < -0.39 is 0 Å². The molecule has 0 aliphatic heterocycles. The molecule has 2 aromatic carbocycles. The van der Waals surface area contributed by atoms with Crippen LogP contribution in [0.1, 0.15) is 16.7 Å². The summed E-state index contributed by atoms with van der Waals surface area (Å²) in [4.78, 5) is 21.9. The molecule has 0 atom stereocenters. The summed E-state index contributed by atoms with van der Waals surface area (Å²) in [5.74, 6) is 0.701. The van der Waals surface area contributed by atoms with Crippen molar-refractivity contribution in [3.8, 4) is 20.5 Å². The Hall–Kier alpha value is -3.06. The largest absolute Gasteiger partial charge is 0.326 e. The van der Waals surface area contributed by atoms with Gasteiger partial charge in [0.05, 0.1) is 22.3 Å². The zero-order chi connectivity index (χ0) is 21.4. The lowest BCUT2D eigenvalue weighted by molar-refractivity contribution is 0.759. The maximum atomic E-state index is 13.6. The Morgan fingerprint density at radius 3 is 2.58 bits per heavy atom. The van der Waals surface area contributed by atoms with Gasteiger partial charge in [-0.05, 0) is 53.8 Å². The first kappa shape index (κ1) is 19.9. The summed E-state index contributed by atoms with van der Waals surface area (Å²) in [6.07, 6.45) is 0. The van der Waals surface area contributed by atoms with E-state index in [4.69, 9.17) is 10.7 Å². The molecule has 0 aliphatic rings. The normalized spacial score (nSPS) is 11.3. The number of hydrogen-bond acceptors (Lipinski definition) is 5. The number of nitrogens with two attached hydrogens (primary N) is 1. The van der Waals surface area contributed by atoms with E-state index in [-0.39, 0.29) is 5.56 Å². The third-order valence-corrected chi connectivity index (χ3v) is 7.41. The average molecular weight is 444 g/mol. The fourth-order valence-electron chi connectivity index (χ4n) is 3.72. The molecule has 0 amide bonds. The van der Waals surface area contributed by atoms with Crippen molar-refractivity contribution in [2.45, 2.75) is 20.0 Å². The van der Waals surface area contributed by atoms with E-state index in [1.807, 2.05) is 43.3 Å². The Morgan fingerprint density at radius 1 is 0.935 bits per heavy atom. The van der Waals surface area contributed by atoms with Crippen LogP contribution >= 0.6 is 22.7 Å². The van der Waals surface area contributed by atoms with Crippen LogP contribution in [-0.2, 0) is 13.1 Å². The second-order valence-corrected chi connectivity index (χ2v) is 9.54. The molecule has 3 aromatic heterocycles. The summed E-state index contributed by atoms with van der Waals surface area (Å²) in [5.41, 5.74) is 9.66. The predicted octanol–water partition coefficient (Wildman–Crippen LogP) is 5.67. The number of aryl methyl sites for hydroxylation is 1. The van der Waals surface area contributed by atoms with Crippen LogP contribution in [0.4, 0.5) is 0 Å². The van der Waals surface area contributed by atoms with Crippen LogP contribution in [0.3, 0.4) is 0 Å². The fourth-order valence-corrected chi connectivity index (χ4v) is 5.56. The Bertz CT molecular complexity index is 1430. The third kappa shape index (κ3) is 3.85. The van der Waals surface area contributed by atoms with Gasteiger partial charge < -0.3 is 5.73 Å². The van der Waals surface area contributed by atoms with Crippen molar-refractivity contribution >= 4 is 33.6 Å². The highest BCUT2D eigenvalue weighted by atomic mass is 32.1. The Labute approximate surface area is 188 Å². The summed E-state index contributed by atoms with van der Waals surface area (Å²) < 4.78 is 1.79. The van der Waals surface area contributed by atoms with Crippen LogP contribution in [0.15, 0.2) is 76.9 Å². The second kappa shape index (κ2) is 8.23. The molecule has 0 unspecified atom stereocenters. The van der Waals surface area contributed by atoms with Gasteiger partial charge in [-0.3, -0.25) is 9.36 Å². The van der Waals surface area contributed by atoms with E-state index in [9.17, 15) is 4.79 Å². The minimum Gasteiger partial charge on any atom is -0.326 e. The summed E-state index contributed by atoms with van der Waals surface area (Å²) in [6, 6.07) is 22.3. The van der Waals surface area contributed by atoms with Gasteiger partial charge in [-0.25, -0.2) is 4.98 Å². The van der Waals surface area contributed by atoms with Crippen molar-refractivity contribution in [2.75, 3.05) is 0 Å². The monoisotopic (exact) mass is 443 g/mol. The van der Waals surface area contributed by atoms with E-state index in [1.54, 1.807) is 27.2 Å². The average Bonchev–Trinajstić information content (AvgIpc) is 3.48. The van der Waals surface area contributed by atoms with Gasteiger partial charge in [0.1, 0.15) is 0 Å². The second-order valence-electron chi connectivity index (χ2n) is 7.51. The number of nitrogens with zero attached hydrogens (tertiary/aromatic N) is 2. The molecular weight excluding hydrogens is 422 g/mol. The van der Waals surface area contributed by atoms with Gasteiger partial charge in [0, 0.05) is 16.3 Å². The van der Waals surface area contributed by atoms with Crippen molar-refractivity contribution < 1.29 is 0 Å². The zero-order valence-electron chi connectivity index (χ0n) is 17.0. The van der Waals surface area contributed by atoms with Gasteiger partial charge in [-0.1, -0.05) is 42.0 Å². The van der Waals surface area contributed by atoms with Gasteiger partial charge in [0.25, 0.3) is 5.56 Å². The third-order valence-electron chi connectivity index (χ3n) is 5.27. The summed E-state index contributed by atoms with van der Waals surface area (Å²) >= 11 is 3.38. The van der Waals surface area contributed by atoms with E-state index in [1.165, 1.54) is 9.75 Å². The van der Waals surface area contributed by atoms with Crippen molar-refractivity contribution in [2.24, 2.45) is 5.73 Å². The van der Waals surface area contributed by atoms with E-state index in [2.05, 4.69) is 35.7 Å². The molecule has 154 valence electrons. The molecule has 4 nitrogen and oxygen atoms in total. The van der Waals surface area contributed by atoms with Crippen LogP contribution < -0.4 is 11.3 Å². The van der Waals surface area contributed by atoms with Crippen molar-refractivity contribution in [1.29, 1.82) is 0 Å². The molecule has 3 heterocycles. The molecule has 0 saturated carbocycles. The van der Waals surface area contributed by atoms with Crippen molar-refractivity contribution in [3.63, 3.8) is 0 Å². The van der Waals surface area contributed by atoms with Gasteiger partial charge >= 0.3 is 0 Å². The minimum absolute atomic E-state index is 0.0204. The fraction of sp³-hybridized carbons (Fsp3) is 0.120. The maximum Gasteiger partial charge on any atom is 0.261 e. The summed E-state index contributed by atoms with van der Waals surface area (Å²) in [6.45, 7) is 2.92. The van der Waals surface area contributed by atoms with Crippen LogP contribution in [-0.4, -0.2) is 9.55 Å². The number of aromatic nitrogens is 2. The number of rotatable bonds is 5. The molecule has 0 aliphatic carbocycles. The number of benzene rings is 2. The topological polar surface area (TPSA) is 60.9 Å². The standard InChI is InChI=1S/C25H21N3OS2/c1-16-7-8-20-19(12-16)25(29)28(15-18-5-2-4-17(13-18)14-26)24(27-20)23-10-9-22(31-23)21-6-3-11-30-21/h2-13H,14-15,26H2,1H3. The molecule has 0 spiro atoms. The molecule has 2 N–H and O–H groups in total. The molecule has 0 saturated heterocycles. The van der Waals surface area contributed by atoms with E-state index in [0.717, 1.165) is 27.1 Å². The van der Waals surface area contributed by atoms with Gasteiger partial charge in [-0.15, -0.1) is 22.7 Å². The molecule has 31 heavy (non-hydrogen) atoms. The SMILES string of the molecule is Cc1ccc2nc(-c3ccc(-c4cccs4)s3)n(Cc3cccc(CN)c3)c(=O)c2c1. The maximum absolute atomic E-state index is 13.6. The highest BCUT2D eigenvalue weighted by Crippen LogP contribution is 2.36. The lowest BCUT2D eigenvalue weighted by Gasteiger charge is -2.14. The smallest absolute Gasteiger partial charge is 0.261 e. The first-order valence-electron chi connectivity index (χ1n) is 10.1. The molecule has 0 radical (unpaired) electrons. The van der Waals surface area contributed by atoms with E-state index in [0.29, 0.717) is 24.3 Å². The summed E-state index contributed by atoms with van der Waals surface area (Å²) in [5, 5.41) is 2.72. The quantitative estimate of drug-likeness (QED) is 0.381. The Morgan fingerprint density at radius 2 is 1.77 bits per heavy atom. The number of hydrogen-bond donors (Lipinski definition) is 1. The summed E-state index contributed by atoms with van der Waals surface area (Å²) in [7, 11) is 0. The molecule has 0 fully saturated rings. The first-order chi connectivity index (χ1) is 15.1. The van der Waals surface area contributed by atoms with Gasteiger partial charge in [0.15, 0.2) is 5.82 Å². The Balaban J connectivity index is 1.70. The Kier molecular flexibility index (Phi) is 5.28. The van der Waals surface area contributed by atoms with Crippen LogP contribution in [0.2, 0.25) is 0 Å². The van der Waals surface area contributed by atoms with Crippen LogP contribution in [0.5, 0.6) is 0 Å². The van der Waals surface area contributed by atoms with Gasteiger partial charge in [0.2, 0.25) is 0 Å². The molecule has 5 aromatic rings. The van der Waals surface area contributed by atoms with E-state index >= 15 is 0 Å². The molecule has 6 heteroatoms. The highest BCUT2D eigenvalue weighted by molar-refractivity contribution is 7.23. The van der Waals surface area contributed by atoms with Crippen LogP contribution in [0.25, 0.3) is 31.4 Å². The lowest BCUT2D eigenvalue weighted by atomic mass is 10.1. The van der Waals surface area contributed by atoms with Gasteiger partial charge in [-0.2, -0.15) is 0 Å². The molecule has 5 rings (SSSR count). The van der Waals surface area contributed by atoms with Crippen molar-refractivity contribution in [1.82, 2.24) is 9.55 Å². The predicted molar refractivity (Wildman–Crippen MR) is 131 cm³/mol. The van der Waals surface area contributed by atoms with Crippen molar-refractivity contribution in [3.05, 3.63) is 99.2 Å². The van der Waals surface area contributed by atoms with Crippen LogP contribution in [0, 0.1) is 6.92 Å². The lowest BCUT2D eigenvalue weighted by Crippen LogP contribution is -2.24. The number of thiophene rings is 2. The molecule has 0 bridgehead atoms. The highest BCUT2D eigenvalue weighted by Gasteiger charge is 2.16.